The quantitative estimate of drug-likeness (QED) is 0.900. The van der Waals surface area contributed by atoms with Crippen molar-refractivity contribution in [3.05, 3.63) is 46.3 Å². The maximum absolute atomic E-state index is 12.2. The second kappa shape index (κ2) is 5.20. The first-order chi connectivity index (χ1) is 10.1. The average Bonchev–Trinajstić information content (AvgIpc) is 2.79. The molecule has 2 aliphatic rings. The number of fused-ring (bicyclic) bond motifs is 1. The molecule has 0 saturated carbocycles. The Bertz CT molecular complexity index is 637. The van der Waals surface area contributed by atoms with Gasteiger partial charge in [-0.05, 0) is 18.2 Å². The normalized spacial score (nSPS) is 18.3. The predicted octanol–water partition coefficient (Wildman–Crippen LogP) is 3.02. The van der Waals surface area contributed by atoms with Crippen molar-refractivity contribution >= 4 is 17.3 Å². The van der Waals surface area contributed by atoms with Crippen molar-refractivity contribution in [3.63, 3.8) is 0 Å². The number of rotatable bonds is 3. The summed E-state index contributed by atoms with van der Waals surface area (Å²) in [5, 5.41) is 0.0868. The van der Waals surface area contributed by atoms with E-state index in [1.54, 1.807) is 6.07 Å². The Kier molecular flexibility index (Phi) is 3.08. The maximum atomic E-state index is 12.2. The average molecular weight is 302 g/mol. The van der Waals surface area contributed by atoms with Gasteiger partial charge in [0.2, 0.25) is 0 Å². The fourth-order valence-electron chi connectivity index (χ4n) is 2.12. The van der Waals surface area contributed by atoms with E-state index in [0.717, 1.165) is 11.0 Å². The second-order valence-electron chi connectivity index (χ2n) is 4.22. The zero-order valence-corrected chi connectivity index (χ0v) is 11.0. The molecule has 0 aromatic heterocycles. The van der Waals surface area contributed by atoms with E-state index in [1.807, 2.05) is 0 Å². The molecule has 0 amide bonds. The van der Waals surface area contributed by atoms with Gasteiger partial charge in [-0.2, -0.15) is 8.78 Å². The minimum absolute atomic E-state index is 0.0792. The molecule has 2 N–H and O–H groups in total. The number of halogens is 3. The van der Waals surface area contributed by atoms with Crippen LogP contribution in [-0.2, 0) is 4.74 Å². The van der Waals surface area contributed by atoms with Crippen LogP contribution in [0, 0.1) is 0 Å². The third-order valence-corrected chi connectivity index (χ3v) is 3.30. The first kappa shape index (κ1) is 11.8. The van der Waals surface area contributed by atoms with Gasteiger partial charge in [0.15, 0.2) is 1.41 Å². The van der Waals surface area contributed by atoms with Gasteiger partial charge in [0, 0.05) is 17.6 Å². The van der Waals surface area contributed by atoms with Gasteiger partial charge in [0.1, 0.15) is 12.0 Å². The lowest BCUT2D eigenvalue weighted by Crippen LogP contribution is -2.22. The molecule has 2 aliphatic heterocycles. The fourth-order valence-corrected chi connectivity index (χ4v) is 2.34. The van der Waals surface area contributed by atoms with Crippen LogP contribution in [0.3, 0.4) is 0 Å². The van der Waals surface area contributed by atoms with Crippen LogP contribution in [0.4, 0.5) is 8.78 Å². The van der Waals surface area contributed by atoms with Crippen LogP contribution in [-0.4, -0.2) is 13.2 Å². The first-order valence-corrected chi connectivity index (χ1v) is 6.30. The van der Waals surface area contributed by atoms with Crippen LogP contribution >= 0.6 is 11.6 Å². The first-order valence-electron chi connectivity index (χ1n) is 6.36. The molecule has 0 fully saturated rings. The third-order valence-electron chi connectivity index (χ3n) is 3.00. The number of benzene rings is 1. The van der Waals surface area contributed by atoms with Crippen LogP contribution in [0.2, 0.25) is 6.43 Å². The fraction of sp³-hybridized carbons (Fsp3) is 0.231. The van der Waals surface area contributed by atoms with E-state index in [2.05, 4.69) is 10.2 Å². The van der Waals surface area contributed by atoms with Crippen molar-refractivity contribution < 1.29 is 19.7 Å². The van der Waals surface area contributed by atoms with Gasteiger partial charge in [-0.15, -0.1) is 0 Å². The molecule has 0 bridgehead atoms. The summed E-state index contributed by atoms with van der Waals surface area (Å²) in [5.74, 6) is -0.0792. The zero-order chi connectivity index (χ0) is 15.0. The smallest absolute Gasteiger partial charge is 0.387 e. The summed E-state index contributed by atoms with van der Waals surface area (Å²) in [7, 11) is 0. The Morgan fingerprint density at radius 1 is 1.45 bits per heavy atom. The SMILES string of the molecule is [2H]N1NC(c2ccc(OC(F)F)c(Cl)c2)=C2CCOC=C21. The number of allylic oxidation sites excluding steroid dienone is 1. The number of alkyl halides is 2. The van der Waals surface area contributed by atoms with Gasteiger partial charge in [-0.3, -0.25) is 10.8 Å². The van der Waals surface area contributed by atoms with Crippen molar-refractivity contribution in [2.24, 2.45) is 0 Å². The van der Waals surface area contributed by atoms with E-state index in [1.165, 1.54) is 18.4 Å². The molecule has 7 heteroatoms. The summed E-state index contributed by atoms with van der Waals surface area (Å²) in [6.45, 7) is -2.40. The van der Waals surface area contributed by atoms with Gasteiger partial charge < -0.3 is 9.47 Å². The highest BCUT2D eigenvalue weighted by molar-refractivity contribution is 6.32. The van der Waals surface area contributed by atoms with E-state index in [4.69, 9.17) is 17.7 Å². The summed E-state index contributed by atoms with van der Waals surface area (Å²) >= 11 is 5.95. The summed E-state index contributed by atoms with van der Waals surface area (Å²) in [6.07, 6.45) is 2.16. The van der Waals surface area contributed by atoms with E-state index < -0.39 is 6.61 Å². The lowest BCUT2D eigenvalue weighted by molar-refractivity contribution is -0.0497. The van der Waals surface area contributed by atoms with Crippen LogP contribution in [0.5, 0.6) is 5.75 Å². The second-order valence-corrected chi connectivity index (χ2v) is 4.63. The molecule has 1 aromatic rings. The minimum Gasteiger partial charge on any atom is -0.499 e. The summed E-state index contributed by atoms with van der Waals surface area (Å²) in [4.78, 5) is 0. The van der Waals surface area contributed by atoms with Crippen molar-refractivity contribution in [2.75, 3.05) is 6.61 Å². The third kappa shape index (κ3) is 2.38. The number of nitrogens with one attached hydrogen (secondary N) is 2. The summed E-state index contributed by atoms with van der Waals surface area (Å²) in [6, 6.07) is 4.53. The van der Waals surface area contributed by atoms with Crippen LogP contribution in [0.15, 0.2) is 35.7 Å². The zero-order valence-electron chi connectivity index (χ0n) is 11.2. The van der Waals surface area contributed by atoms with Crippen LogP contribution < -0.4 is 15.6 Å². The van der Waals surface area contributed by atoms with E-state index in [-0.39, 0.29) is 10.8 Å². The Labute approximate surface area is 120 Å². The van der Waals surface area contributed by atoms with Crippen molar-refractivity contribution in [3.8, 4) is 5.75 Å². The minimum atomic E-state index is -2.92. The van der Waals surface area contributed by atoms with E-state index >= 15 is 0 Å². The molecule has 1 aromatic carbocycles. The Hall–Kier alpha value is -1.95. The maximum Gasteiger partial charge on any atom is 0.387 e. The van der Waals surface area contributed by atoms with Gasteiger partial charge in [0.25, 0.3) is 0 Å². The summed E-state index contributed by atoms with van der Waals surface area (Å²) < 4.78 is 41.7. The van der Waals surface area contributed by atoms with Crippen LogP contribution in [0.1, 0.15) is 12.0 Å². The molecule has 4 nitrogen and oxygen atoms in total. The van der Waals surface area contributed by atoms with Crippen molar-refractivity contribution in [2.45, 2.75) is 13.0 Å². The largest absolute Gasteiger partial charge is 0.499 e. The van der Waals surface area contributed by atoms with Gasteiger partial charge in [0.05, 0.1) is 23.0 Å². The number of hydrogen-bond donors (Lipinski definition) is 2. The Morgan fingerprint density at radius 3 is 3.05 bits per heavy atom. The number of hydrogen-bond acceptors (Lipinski definition) is 4. The Balaban J connectivity index is 1.96. The van der Waals surface area contributed by atoms with E-state index in [0.29, 0.717) is 30.0 Å². The molecule has 2 heterocycles. The van der Waals surface area contributed by atoms with Crippen molar-refractivity contribution in [1.29, 1.82) is 0 Å². The molecule has 0 atom stereocenters. The Morgan fingerprint density at radius 2 is 2.30 bits per heavy atom. The standard InChI is InChI=1S/C13H11ClF2N2O2/c14-9-5-7(1-2-11(9)20-13(15)16)12-8-3-4-19-6-10(8)17-18-12/h1-2,5-6,13,17-18H,3-4H2/i/hD. The number of hydrazine groups is 1. The lowest BCUT2D eigenvalue weighted by atomic mass is 10.0. The number of ether oxygens (including phenoxy) is 2. The van der Waals surface area contributed by atoms with Gasteiger partial charge >= 0.3 is 6.61 Å². The van der Waals surface area contributed by atoms with Crippen LogP contribution in [0.25, 0.3) is 5.70 Å². The van der Waals surface area contributed by atoms with E-state index in [9.17, 15) is 8.78 Å². The highest BCUT2D eigenvalue weighted by atomic mass is 35.5. The molecule has 0 unspecified atom stereocenters. The molecule has 0 aliphatic carbocycles. The highest BCUT2D eigenvalue weighted by Gasteiger charge is 2.23. The predicted molar refractivity (Wildman–Crippen MR) is 69.9 cm³/mol. The summed E-state index contributed by atoms with van der Waals surface area (Å²) in [5.41, 5.74) is 6.94. The molecule has 3 rings (SSSR count). The topological polar surface area (TPSA) is 42.5 Å². The molecule has 106 valence electrons. The molecule has 0 spiro atoms. The highest BCUT2D eigenvalue weighted by Crippen LogP contribution is 2.33. The van der Waals surface area contributed by atoms with Crippen molar-refractivity contribution in [1.82, 2.24) is 10.8 Å². The molecular formula is C13H11ClF2N2O2. The molecule has 0 saturated heterocycles. The molecule has 0 radical (unpaired) electrons. The van der Waals surface area contributed by atoms with Gasteiger partial charge in [-0.1, -0.05) is 11.6 Å². The monoisotopic (exact) mass is 301 g/mol. The lowest BCUT2D eigenvalue weighted by Gasteiger charge is -2.12. The van der Waals surface area contributed by atoms with Gasteiger partial charge in [-0.25, -0.2) is 0 Å². The molecule has 20 heavy (non-hydrogen) atoms. The molecular weight excluding hydrogens is 290 g/mol.